The molecule has 1 heterocycles. The third-order valence-electron chi connectivity index (χ3n) is 5.68. The second kappa shape index (κ2) is 8.46. The van der Waals surface area contributed by atoms with Gasteiger partial charge in [0.05, 0.1) is 18.6 Å². The molecule has 1 aliphatic rings. The summed E-state index contributed by atoms with van der Waals surface area (Å²) in [5, 5.41) is 0. The maximum absolute atomic E-state index is 13.0. The maximum atomic E-state index is 13.0. The first-order valence-electron chi connectivity index (χ1n) is 10.5. The molecule has 0 saturated carbocycles. The zero-order chi connectivity index (χ0) is 22.0. The van der Waals surface area contributed by atoms with Crippen LogP contribution in [0.25, 0.3) is 0 Å². The van der Waals surface area contributed by atoms with E-state index in [9.17, 15) is 4.79 Å². The van der Waals surface area contributed by atoms with Gasteiger partial charge in [-0.05, 0) is 46.4 Å². The quantitative estimate of drug-likeness (QED) is 0.517. The molecule has 0 fully saturated rings. The van der Waals surface area contributed by atoms with Crippen molar-refractivity contribution in [3.05, 3.63) is 89.0 Å². The molecule has 4 rings (SSSR count). The van der Waals surface area contributed by atoms with Crippen molar-refractivity contribution >= 4 is 5.78 Å². The van der Waals surface area contributed by atoms with Crippen molar-refractivity contribution < 1.29 is 19.0 Å². The average Bonchev–Trinajstić information content (AvgIpc) is 2.78. The summed E-state index contributed by atoms with van der Waals surface area (Å²) >= 11 is 0. The van der Waals surface area contributed by atoms with Crippen LogP contribution >= 0.6 is 0 Å². The first kappa shape index (κ1) is 21.0. The molecule has 0 bridgehead atoms. The number of hydrogen-bond donors (Lipinski definition) is 0. The zero-order valence-electron chi connectivity index (χ0n) is 18.5. The topological polar surface area (TPSA) is 44.8 Å². The maximum Gasteiger partial charge on any atom is 0.177 e. The zero-order valence-corrected chi connectivity index (χ0v) is 18.5. The van der Waals surface area contributed by atoms with Crippen LogP contribution in [0, 0.1) is 0 Å². The van der Waals surface area contributed by atoms with Gasteiger partial charge in [0.25, 0.3) is 0 Å². The monoisotopic (exact) mass is 416 g/mol. The number of hydrogen-bond acceptors (Lipinski definition) is 4. The SMILES string of the molecule is COc1ccc(C2COc3cc(OCc4ccc(C(C)(C)C)cc4)ccc3C2=O)cc1. The smallest absolute Gasteiger partial charge is 0.177 e. The minimum atomic E-state index is -0.313. The Bertz CT molecular complexity index is 1060. The minimum absolute atomic E-state index is 0.0655. The second-order valence-electron chi connectivity index (χ2n) is 8.89. The van der Waals surface area contributed by atoms with Gasteiger partial charge in [-0.3, -0.25) is 4.79 Å². The Hall–Kier alpha value is -3.27. The lowest BCUT2D eigenvalue weighted by molar-refractivity contribution is 0.0896. The summed E-state index contributed by atoms with van der Waals surface area (Å²) in [4.78, 5) is 13.0. The molecule has 1 unspecified atom stereocenters. The van der Waals surface area contributed by atoms with E-state index in [4.69, 9.17) is 14.2 Å². The van der Waals surface area contributed by atoms with E-state index in [1.54, 1.807) is 19.2 Å². The number of carbonyl (C=O) groups excluding carboxylic acids is 1. The van der Waals surface area contributed by atoms with Gasteiger partial charge in [-0.15, -0.1) is 0 Å². The normalized spacial score (nSPS) is 15.7. The molecule has 4 nitrogen and oxygen atoms in total. The molecule has 0 radical (unpaired) electrons. The second-order valence-corrected chi connectivity index (χ2v) is 8.89. The number of carbonyl (C=O) groups is 1. The van der Waals surface area contributed by atoms with Crippen LogP contribution in [0.4, 0.5) is 0 Å². The summed E-state index contributed by atoms with van der Waals surface area (Å²) in [6.07, 6.45) is 0. The number of methoxy groups -OCH3 is 1. The van der Waals surface area contributed by atoms with Crippen molar-refractivity contribution in [1.82, 2.24) is 0 Å². The Kier molecular flexibility index (Phi) is 5.73. The molecule has 1 atom stereocenters. The Morgan fingerprint density at radius 2 is 1.61 bits per heavy atom. The molecule has 3 aromatic rings. The number of fused-ring (bicyclic) bond motifs is 1. The Morgan fingerprint density at radius 1 is 0.935 bits per heavy atom. The van der Waals surface area contributed by atoms with Crippen LogP contribution in [-0.2, 0) is 12.0 Å². The number of Topliss-reactive ketones (excluding diaryl/α,β-unsaturated/α-hetero) is 1. The van der Waals surface area contributed by atoms with Crippen molar-refractivity contribution in [2.24, 2.45) is 0 Å². The number of ketones is 1. The third kappa shape index (κ3) is 4.58. The first-order valence-corrected chi connectivity index (χ1v) is 10.5. The van der Waals surface area contributed by atoms with Crippen molar-refractivity contribution in [3.63, 3.8) is 0 Å². The van der Waals surface area contributed by atoms with Gasteiger partial charge >= 0.3 is 0 Å². The van der Waals surface area contributed by atoms with Gasteiger partial charge in [0.2, 0.25) is 0 Å². The lowest BCUT2D eigenvalue weighted by Crippen LogP contribution is -2.26. The lowest BCUT2D eigenvalue weighted by atomic mass is 9.87. The molecule has 0 amide bonds. The highest BCUT2D eigenvalue weighted by molar-refractivity contribution is 6.04. The highest BCUT2D eigenvalue weighted by atomic mass is 16.5. The van der Waals surface area contributed by atoms with Crippen LogP contribution in [0.5, 0.6) is 17.2 Å². The molecular formula is C27H28O4. The molecule has 0 aromatic heterocycles. The van der Waals surface area contributed by atoms with Crippen molar-refractivity contribution in [3.8, 4) is 17.2 Å². The van der Waals surface area contributed by atoms with Gasteiger partial charge < -0.3 is 14.2 Å². The van der Waals surface area contributed by atoms with Gasteiger partial charge in [-0.2, -0.15) is 0 Å². The van der Waals surface area contributed by atoms with E-state index in [2.05, 4.69) is 45.0 Å². The third-order valence-corrected chi connectivity index (χ3v) is 5.68. The summed E-state index contributed by atoms with van der Waals surface area (Å²) < 4.78 is 17.1. The molecule has 0 spiro atoms. The van der Waals surface area contributed by atoms with Crippen LogP contribution in [-0.4, -0.2) is 19.5 Å². The predicted octanol–water partition coefficient (Wildman–Crippen LogP) is 5.93. The summed E-state index contributed by atoms with van der Waals surface area (Å²) in [5.41, 5.74) is 4.04. The summed E-state index contributed by atoms with van der Waals surface area (Å²) in [6.45, 7) is 7.38. The van der Waals surface area contributed by atoms with E-state index in [0.29, 0.717) is 30.3 Å². The summed E-state index contributed by atoms with van der Waals surface area (Å²) in [5.74, 6) is 1.79. The Balaban J connectivity index is 1.44. The van der Waals surface area contributed by atoms with Crippen LogP contribution in [0.15, 0.2) is 66.7 Å². The van der Waals surface area contributed by atoms with E-state index in [0.717, 1.165) is 16.9 Å². The minimum Gasteiger partial charge on any atom is -0.497 e. The molecule has 0 saturated heterocycles. The number of ether oxygens (including phenoxy) is 3. The largest absolute Gasteiger partial charge is 0.497 e. The predicted molar refractivity (Wildman–Crippen MR) is 121 cm³/mol. The van der Waals surface area contributed by atoms with Gasteiger partial charge in [0.1, 0.15) is 30.5 Å². The van der Waals surface area contributed by atoms with Gasteiger partial charge in [-0.25, -0.2) is 0 Å². The van der Waals surface area contributed by atoms with E-state index < -0.39 is 0 Å². The number of benzene rings is 3. The molecule has 0 aliphatic carbocycles. The van der Waals surface area contributed by atoms with Gasteiger partial charge in [0, 0.05) is 6.07 Å². The average molecular weight is 417 g/mol. The molecule has 3 aromatic carbocycles. The highest BCUT2D eigenvalue weighted by Gasteiger charge is 2.30. The van der Waals surface area contributed by atoms with Crippen LogP contribution < -0.4 is 14.2 Å². The lowest BCUT2D eigenvalue weighted by Gasteiger charge is -2.25. The van der Waals surface area contributed by atoms with Gasteiger partial charge in [0.15, 0.2) is 5.78 Å². The first-order chi connectivity index (χ1) is 14.8. The van der Waals surface area contributed by atoms with Crippen LogP contribution in [0.2, 0.25) is 0 Å². The summed E-state index contributed by atoms with van der Waals surface area (Å²) in [6, 6.07) is 21.5. The standard InChI is InChI=1S/C27H28O4/c1-27(2,3)20-9-5-18(6-10-20)16-30-22-13-14-23-25(15-22)31-17-24(26(23)28)19-7-11-21(29-4)12-8-19/h5-15,24H,16-17H2,1-4H3. The number of rotatable bonds is 5. The molecule has 31 heavy (non-hydrogen) atoms. The Labute approximate surface area is 183 Å². The molecule has 4 heteroatoms. The van der Waals surface area contributed by atoms with E-state index in [1.165, 1.54) is 5.56 Å². The fraction of sp³-hybridized carbons (Fsp3) is 0.296. The van der Waals surface area contributed by atoms with Crippen molar-refractivity contribution in [2.75, 3.05) is 13.7 Å². The Morgan fingerprint density at radius 3 is 2.26 bits per heavy atom. The highest BCUT2D eigenvalue weighted by Crippen LogP contribution is 2.35. The van der Waals surface area contributed by atoms with Crippen molar-refractivity contribution in [2.45, 2.75) is 38.7 Å². The van der Waals surface area contributed by atoms with Crippen molar-refractivity contribution in [1.29, 1.82) is 0 Å². The summed E-state index contributed by atoms with van der Waals surface area (Å²) in [7, 11) is 1.63. The molecule has 0 N–H and O–H groups in total. The van der Waals surface area contributed by atoms with Gasteiger partial charge in [-0.1, -0.05) is 57.2 Å². The van der Waals surface area contributed by atoms with Crippen LogP contribution in [0.1, 0.15) is 53.7 Å². The molecular weight excluding hydrogens is 388 g/mol. The van der Waals surface area contributed by atoms with E-state index in [1.807, 2.05) is 30.3 Å². The molecule has 160 valence electrons. The fourth-order valence-corrected chi connectivity index (χ4v) is 3.70. The van der Waals surface area contributed by atoms with E-state index in [-0.39, 0.29) is 17.1 Å². The van der Waals surface area contributed by atoms with Crippen LogP contribution in [0.3, 0.4) is 0 Å². The molecule has 1 aliphatic heterocycles. The van der Waals surface area contributed by atoms with E-state index >= 15 is 0 Å². The fourth-order valence-electron chi connectivity index (χ4n) is 3.70.